The fourth-order valence-corrected chi connectivity index (χ4v) is 2.64. The van der Waals surface area contributed by atoms with E-state index in [0.717, 1.165) is 25.7 Å². The Morgan fingerprint density at radius 3 is 2.19 bits per heavy atom. The van der Waals surface area contributed by atoms with E-state index in [9.17, 15) is 9.59 Å². The molecule has 1 amide bonds. The van der Waals surface area contributed by atoms with Crippen LogP contribution in [0.5, 0.6) is 0 Å². The third kappa shape index (κ3) is 2.83. The monoisotopic (exact) mass is 223 g/mol. The van der Waals surface area contributed by atoms with Crippen molar-refractivity contribution in [1.29, 1.82) is 0 Å². The molecule has 0 aromatic rings. The van der Waals surface area contributed by atoms with Crippen LogP contribution < -0.4 is 5.32 Å². The second-order valence-electron chi connectivity index (χ2n) is 5.27. The highest BCUT2D eigenvalue weighted by molar-refractivity contribution is 5.89. The van der Waals surface area contributed by atoms with Crippen molar-refractivity contribution in [1.82, 2.24) is 5.32 Å². The molecular weight excluding hydrogens is 202 g/mol. The second-order valence-corrected chi connectivity index (χ2v) is 5.27. The molecule has 3 nitrogen and oxygen atoms in total. The lowest BCUT2D eigenvalue weighted by molar-refractivity contribution is -0.129. The van der Waals surface area contributed by atoms with Gasteiger partial charge >= 0.3 is 0 Å². The summed E-state index contributed by atoms with van der Waals surface area (Å²) in [6.45, 7) is 1.60. The molecule has 2 fully saturated rings. The lowest BCUT2D eigenvalue weighted by Crippen LogP contribution is -2.46. The average molecular weight is 223 g/mol. The maximum Gasteiger partial charge on any atom is 0.223 e. The summed E-state index contributed by atoms with van der Waals surface area (Å²) in [5.41, 5.74) is 0. The number of carbonyl (C=O) groups excluding carboxylic acids is 2. The van der Waals surface area contributed by atoms with E-state index in [2.05, 4.69) is 5.32 Å². The van der Waals surface area contributed by atoms with E-state index in [0.29, 0.717) is 5.92 Å². The topological polar surface area (TPSA) is 46.2 Å². The first-order chi connectivity index (χ1) is 7.68. The smallest absolute Gasteiger partial charge is 0.223 e. The van der Waals surface area contributed by atoms with Crippen LogP contribution in [0.3, 0.4) is 0 Å². The Bertz CT molecular complexity index is 278. The summed E-state index contributed by atoms with van der Waals surface area (Å²) in [6.07, 6.45) is 7.87. The fourth-order valence-electron chi connectivity index (χ4n) is 2.64. The van der Waals surface area contributed by atoms with Crippen molar-refractivity contribution >= 4 is 11.7 Å². The van der Waals surface area contributed by atoms with Gasteiger partial charge in [0.15, 0.2) is 5.78 Å². The minimum atomic E-state index is -0.214. The number of nitrogens with one attached hydrogen (secondary N) is 1. The van der Waals surface area contributed by atoms with E-state index in [-0.39, 0.29) is 23.7 Å². The van der Waals surface area contributed by atoms with Crippen molar-refractivity contribution in [2.75, 3.05) is 0 Å². The zero-order valence-electron chi connectivity index (χ0n) is 10.00. The molecule has 0 bridgehead atoms. The summed E-state index contributed by atoms with van der Waals surface area (Å²) in [5.74, 6) is 0.811. The van der Waals surface area contributed by atoms with E-state index < -0.39 is 0 Å². The molecule has 0 aliphatic heterocycles. The first-order valence-electron chi connectivity index (χ1n) is 6.49. The van der Waals surface area contributed by atoms with Crippen molar-refractivity contribution in [3.63, 3.8) is 0 Å². The largest absolute Gasteiger partial charge is 0.346 e. The summed E-state index contributed by atoms with van der Waals surface area (Å²) >= 11 is 0. The molecule has 0 heterocycles. The normalized spacial score (nSPS) is 23.8. The van der Waals surface area contributed by atoms with Crippen molar-refractivity contribution < 1.29 is 9.59 Å². The van der Waals surface area contributed by atoms with Gasteiger partial charge < -0.3 is 5.32 Å². The van der Waals surface area contributed by atoms with Gasteiger partial charge in [0.05, 0.1) is 6.04 Å². The molecule has 1 N–H and O–H groups in total. The van der Waals surface area contributed by atoms with Gasteiger partial charge in [-0.2, -0.15) is 0 Å². The number of ketones is 1. The number of hydrogen-bond donors (Lipinski definition) is 1. The molecular formula is C13H21NO2. The Kier molecular flexibility index (Phi) is 3.62. The van der Waals surface area contributed by atoms with Gasteiger partial charge in [0, 0.05) is 5.92 Å². The third-order valence-electron chi connectivity index (χ3n) is 3.81. The van der Waals surface area contributed by atoms with Crippen LogP contribution in [0, 0.1) is 11.8 Å². The van der Waals surface area contributed by atoms with Crippen LogP contribution in [0.4, 0.5) is 0 Å². The Hall–Kier alpha value is -0.860. The first kappa shape index (κ1) is 11.6. The molecule has 0 unspecified atom stereocenters. The molecule has 2 saturated carbocycles. The van der Waals surface area contributed by atoms with Crippen LogP contribution in [-0.4, -0.2) is 17.7 Å². The number of amides is 1. The van der Waals surface area contributed by atoms with Gasteiger partial charge in [0.2, 0.25) is 5.91 Å². The van der Waals surface area contributed by atoms with E-state index in [1.807, 2.05) is 0 Å². The Morgan fingerprint density at radius 1 is 1.06 bits per heavy atom. The second kappa shape index (κ2) is 4.98. The van der Waals surface area contributed by atoms with Crippen LogP contribution in [0.2, 0.25) is 0 Å². The van der Waals surface area contributed by atoms with Gasteiger partial charge in [-0.25, -0.2) is 0 Å². The highest BCUT2D eigenvalue weighted by atomic mass is 16.2. The first-order valence-corrected chi connectivity index (χ1v) is 6.49. The molecule has 2 aliphatic rings. The van der Waals surface area contributed by atoms with Crippen molar-refractivity contribution in [2.45, 2.75) is 57.9 Å². The maximum absolute atomic E-state index is 11.7. The standard InChI is InChI=1S/C13H21NO2/c1-9(15)12(10-5-3-2-4-6-10)14-13(16)11-7-8-11/h10-12H,2-8H2,1H3,(H,14,16)/t12-/m0/s1. The van der Waals surface area contributed by atoms with Crippen LogP contribution >= 0.6 is 0 Å². The predicted molar refractivity (Wildman–Crippen MR) is 61.9 cm³/mol. The highest BCUT2D eigenvalue weighted by Gasteiger charge is 2.34. The van der Waals surface area contributed by atoms with E-state index >= 15 is 0 Å². The summed E-state index contributed by atoms with van der Waals surface area (Å²) in [5, 5.41) is 2.96. The van der Waals surface area contributed by atoms with Gasteiger partial charge in [-0.05, 0) is 38.5 Å². The van der Waals surface area contributed by atoms with Gasteiger partial charge in [0.25, 0.3) is 0 Å². The lowest BCUT2D eigenvalue weighted by atomic mass is 9.82. The van der Waals surface area contributed by atoms with Crippen LogP contribution in [0.15, 0.2) is 0 Å². The summed E-state index contributed by atoms with van der Waals surface area (Å²) in [7, 11) is 0. The zero-order chi connectivity index (χ0) is 11.5. The fraction of sp³-hybridized carbons (Fsp3) is 0.846. The number of rotatable bonds is 4. The zero-order valence-corrected chi connectivity index (χ0v) is 10.00. The molecule has 0 radical (unpaired) electrons. The SMILES string of the molecule is CC(=O)[C@H](NC(=O)C1CC1)C1CCCCC1. The van der Waals surface area contributed by atoms with E-state index in [1.165, 1.54) is 19.3 Å². The number of hydrogen-bond acceptors (Lipinski definition) is 2. The molecule has 16 heavy (non-hydrogen) atoms. The van der Waals surface area contributed by atoms with E-state index in [1.54, 1.807) is 6.92 Å². The Labute approximate surface area is 97.0 Å². The average Bonchev–Trinajstić information content (AvgIpc) is 3.10. The quantitative estimate of drug-likeness (QED) is 0.793. The van der Waals surface area contributed by atoms with Crippen LogP contribution in [0.1, 0.15) is 51.9 Å². The summed E-state index contributed by atoms with van der Waals surface area (Å²) in [4.78, 5) is 23.3. The molecule has 0 saturated heterocycles. The highest BCUT2D eigenvalue weighted by Crippen LogP contribution is 2.31. The van der Waals surface area contributed by atoms with Gasteiger partial charge in [0.1, 0.15) is 0 Å². The number of Topliss-reactive ketones (excluding diaryl/α,β-unsaturated/α-hetero) is 1. The molecule has 2 rings (SSSR count). The van der Waals surface area contributed by atoms with Crippen molar-refractivity contribution in [3.05, 3.63) is 0 Å². The minimum absolute atomic E-state index is 0.103. The molecule has 3 heteroatoms. The van der Waals surface area contributed by atoms with E-state index in [4.69, 9.17) is 0 Å². The van der Waals surface area contributed by atoms with Gasteiger partial charge in [-0.1, -0.05) is 19.3 Å². The Balaban J connectivity index is 1.92. The van der Waals surface area contributed by atoms with Gasteiger partial charge in [-0.3, -0.25) is 9.59 Å². The third-order valence-corrected chi connectivity index (χ3v) is 3.81. The molecule has 0 aromatic carbocycles. The molecule has 90 valence electrons. The predicted octanol–water partition coefficient (Wildman–Crippen LogP) is 2.05. The maximum atomic E-state index is 11.7. The number of carbonyl (C=O) groups is 2. The molecule has 0 aromatic heterocycles. The summed E-state index contributed by atoms with van der Waals surface area (Å²) < 4.78 is 0. The van der Waals surface area contributed by atoms with Crippen molar-refractivity contribution in [2.24, 2.45) is 11.8 Å². The molecule has 2 aliphatic carbocycles. The lowest BCUT2D eigenvalue weighted by Gasteiger charge is -2.29. The van der Waals surface area contributed by atoms with Gasteiger partial charge in [-0.15, -0.1) is 0 Å². The van der Waals surface area contributed by atoms with Crippen LogP contribution in [0.25, 0.3) is 0 Å². The molecule has 0 spiro atoms. The summed E-state index contributed by atoms with van der Waals surface area (Å²) in [6, 6.07) is -0.214. The Morgan fingerprint density at radius 2 is 1.69 bits per heavy atom. The van der Waals surface area contributed by atoms with Crippen LogP contribution in [-0.2, 0) is 9.59 Å². The van der Waals surface area contributed by atoms with Crippen molar-refractivity contribution in [3.8, 4) is 0 Å². The minimum Gasteiger partial charge on any atom is -0.346 e. The molecule has 1 atom stereocenters.